The second-order valence-corrected chi connectivity index (χ2v) is 8.31. The Labute approximate surface area is 183 Å². The molecule has 31 heavy (non-hydrogen) atoms. The molecule has 0 unspecified atom stereocenters. The lowest BCUT2D eigenvalue weighted by Gasteiger charge is -2.19. The number of anilines is 1. The average molecular weight is 429 g/mol. The Morgan fingerprint density at radius 1 is 0.935 bits per heavy atom. The van der Waals surface area contributed by atoms with E-state index in [1.54, 1.807) is 27.7 Å². The number of ether oxygens (including phenoxy) is 2. The molecule has 0 radical (unpaired) electrons. The van der Waals surface area contributed by atoms with E-state index < -0.39 is 23.9 Å². The summed E-state index contributed by atoms with van der Waals surface area (Å²) in [6.07, 6.45) is -1.31. The third-order valence-electron chi connectivity index (χ3n) is 5.02. The Morgan fingerprint density at radius 2 is 1.58 bits per heavy atom. The quantitative estimate of drug-likeness (QED) is 0.617. The first-order valence-corrected chi connectivity index (χ1v) is 10.5. The first-order valence-electron chi connectivity index (χ1n) is 10.5. The van der Waals surface area contributed by atoms with Crippen LogP contribution in [0.4, 0.5) is 5.69 Å². The number of hydrogen-bond donors (Lipinski definition) is 2. The molecule has 1 amide bonds. The van der Waals surface area contributed by atoms with Crippen molar-refractivity contribution in [1.29, 1.82) is 0 Å². The van der Waals surface area contributed by atoms with Crippen molar-refractivity contribution >= 4 is 23.5 Å². The first kappa shape index (κ1) is 24.2. The summed E-state index contributed by atoms with van der Waals surface area (Å²) in [5.41, 5.74) is 4.05. The third kappa shape index (κ3) is 5.54. The van der Waals surface area contributed by atoms with Crippen molar-refractivity contribution in [3.8, 4) is 0 Å². The summed E-state index contributed by atoms with van der Waals surface area (Å²) in [7, 11) is 0. The standard InChI is InChI=1S/C24H32N2O5/c1-12(2)18-11-9-10-14(5)20(18)26-22(27)17(8)31-24(29)21-15(6)19(16(7)25-21)23(28)30-13(3)4/h9-13,17,25H,1-8H3,(H,26,27)/t17-/m1/s1. The number of benzene rings is 1. The molecule has 168 valence electrons. The fourth-order valence-corrected chi connectivity index (χ4v) is 3.37. The number of nitrogens with one attached hydrogen (secondary N) is 2. The Morgan fingerprint density at radius 3 is 2.16 bits per heavy atom. The second-order valence-electron chi connectivity index (χ2n) is 8.31. The highest BCUT2D eigenvalue weighted by molar-refractivity contribution is 6.01. The molecule has 0 saturated heterocycles. The van der Waals surface area contributed by atoms with E-state index in [9.17, 15) is 14.4 Å². The van der Waals surface area contributed by atoms with E-state index in [2.05, 4.69) is 10.3 Å². The van der Waals surface area contributed by atoms with Crippen molar-refractivity contribution in [1.82, 2.24) is 4.98 Å². The number of aryl methyl sites for hydroxylation is 2. The van der Waals surface area contributed by atoms with Crippen molar-refractivity contribution in [2.45, 2.75) is 73.5 Å². The summed E-state index contributed by atoms with van der Waals surface area (Å²) in [4.78, 5) is 40.6. The van der Waals surface area contributed by atoms with E-state index in [0.717, 1.165) is 16.8 Å². The third-order valence-corrected chi connectivity index (χ3v) is 5.02. The predicted molar refractivity (Wildman–Crippen MR) is 120 cm³/mol. The van der Waals surface area contributed by atoms with Gasteiger partial charge in [-0.2, -0.15) is 0 Å². The molecule has 1 atom stereocenters. The van der Waals surface area contributed by atoms with Crippen LogP contribution in [-0.4, -0.2) is 35.0 Å². The maximum Gasteiger partial charge on any atom is 0.355 e. The number of amides is 1. The summed E-state index contributed by atoms with van der Waals surface area (Å²) in [5, 5.41) is 2.89. The number of para-hydroxylation sites is 1. The molecule has 0 aliphatic carbocycles. The number of esters is 2. The van der Waals surface area contributed by atoms with Crippen LogP contribution in [0.25, 0.3) is 0 Å². The summed E-state index contributed by atoms with van der Waals surface area (Å²) >= 11 is 0. The smallest absolute Gasteiger partial charge is 0.355 e. The summed E-state index contributed by atoms with van der Waals surface area (Å²) in [5.74, 6) is -1.42. The Bertz CT molecular complexity index is 988. The topological polar surface area (TPSA) is 97.5 Å². The number of aromatic nitrogens is 1. The van der Waals surface area contributed by atoms with E-state index >= 15 is 0 Å². The molecule has 7 nitrogen and oxygen atoms in total. The van der Waals surface area contributed by atoms with Crippen molar-refractivity contribution in [3.63, 3.8) is 0 Å². The van der Waals surface area contributed by atoms with E-state index in [1.165, 1.54) is 6.92 Å². The highest BCUT2D eigenvalue weighted by Gasteiger charge is 2.27. The largest absolute Gasteiger partial charge is 0.459 e. The lowest BCUT2D eigenvalue weighted by molar-refractivity contribution is -0.123. The SMILES string of the molecule is Cc1cccc(C(C)C)c1NC(=O)[C@@H](C)OC(=O)c1[nH]c(C)c(C(=O)OC(C)C)c1C. The van der Waals surface area contributed by atoms with E-state index in [-0.39, 0.29) is 17.7 Å². The lowest BCUT2D eigenvalue weighted by Crippen LogP contribution is -2.31. The zero-order valence-electron chi connectivity index (χ0n) is 19.5. The fraction of sp³-hybridized carbons (Fsp3) is 0.458. The van der Waals surface area contributed by atoms with Crippen LogP contribution in [0, 0.1) is 20.8 Å². The van der Waals surface area contributed by atoms with Crippen LogP contribution >= 0.6 is 0 Å². The van der Waals surface area contributed by atoms with Crippen LogP contribution < -0.4 is 5.32 Å². The minimum absolute atomic E-state index is 0.131. The van der Waals surface area contributed by atoms with Gasteiger partial charge in [-0.3, -0.25) is 4.79 Å². The maximum absolute atomic E-state index is 12.7. The van der Waals surface area contributed by atoms with Gasteiger partial charge >= 0.3 is 11.9 Å². The molecule has 0 saturated carbocycles. The van der Waals surface area contributed by atoms with Gasteiger partial charge in [0.25, 0.3) is 5.91 Å². The Hall–Kier alpha value is -3.09. The van der Waals surface area contributed by atoms with Crippen LogP contribution in [0.3, 0.4) is 0 Å². The summed E-state index contributed by atoms with van der Waals surface area (Å²) in [6.45, 7) is 14.4. The summed E-state index contributed by atoms with van der Waals surface area (Å²) in [6, 6.07) is 5.83. The van der Waals surface area contributed by atoms with Gasteiger partial charge in [0.1, 0.15) is 5.69 Å². The highest BCUT2D eigenvalue weighted by Crippen LogP contribution is 2.28. The molecule has 1 aromatic heterocycles. The van der Waals surface area contributed by atoms with E-state index in [0.29, 0.717) is 16.8 Å². The first-order chi connectivity index (χ1) is 14.4. The monoisotopic (exact) mass is 428 g/mol. The number of carbonyl (C=O) groups excluding carboxylic acids is 3. The zero-order valence-corrected chi connectivity index (χ0v) is 19.5. The fourth-order valence-electron chi connectivity index (χ4n) is 3.37. The Balaban J connectivity index is 2.17. The van der Waals surface area contributed by atoms with Crippen LogP contribution in [0.1, 0.15) is 83.8 Å². The van der Waals surface area contributed by atoms with E-state index in [1.807, 2.05) is 39.0 Å². The molecular weight excluding hydrogens is 396 g/mol. The van der Waals surface area contributed by atoms with Gasteiger partial charge in [0.2, 0.25) is 0 Å². The second kappa shape index (κ2) is 9.81. The van der Waals surface area contributed by atoms with E-state index in [4.69, 9.17) is 9.47 Å². The number of hydrogen-bond acceptors (Lipinski definition) is 5. The van der Waals surface area contributed by atoms with Gasteiger partial charge in [0.15, 0.2) is 6.10 Å². The number of carbonyl (C=O) groups is 3. The molecule has 0 bridgehead atoms. The van der Waals surface area contributed by atoms with Gasteiger partial charge < -0.3 is 19.8 Å². The minimum Gasteiger partial charge on any atom is -0.459 e. The summed E-state index contributed by atoms with van der Waals surface area (Å²) < 4.78 is 10.6. The van der Waals surface area contributed by atoms with Crippen molar-refractivity contribution < 1.29 is 23.9 Å². The van der Waals surface area contributed by atoms with Gasteiger partial charge in [-0.05, 0) is 64.2 Å². The zero-order chi connectivity index (χ0) is 23.5. The van der Waals surface area contributed by atoms with Gasteiger partial charge in [0, 0.05) is 11.4 Å². The molecule has 0 aliphatic rings. The molecule has 0 spiro atoms. The van der Waals surface area contributed by atoms with Gasteiger partial charge in [-0.15, -0.1) is 0 Å². The van der Waals surface area contributed by atoms with Crippen LogP contribution in [0.5, 0.6) is 0 Å². The van der Waals surface area contributed by atoms with Crippen LogP contribution in [-0.2, 0) is 14.3 Å². The predicted octanol–water partition coefficient (Wildman–Crippen LogP) is 4.81. The maximum atomic E-state index is 12.7. The minimum atomic E-state index is -1.03. The van der Waals surface area contributed by atoms with Gasteiger partial charge in [0.05, 0.1) is 11.7 Å². The lowest BCUT2D eigenvalue weighted by atomic mass is 9.98. The van der Waals surface area contributed by atoms with Crippen molar-refractivity contribution in [2.24, 2.45) is 0 Å². The molecule has 0 fully saturated rings. The molecule has 2 rings (SSSR count). The normalized spacial score (nSPS) is 12.1. The molecule has 7 heteroatoms. The van der Waals surface area contributed by atoms with Crippen LogP contribution in [0.15, 0.2) is 18.2 Å². The molecule has 2 aromatic rings. The number of rotatable bonds is 7. The van der Waals surface area contributed by atoms with Crippen molar-refractivity contribution in [2.75, 3.05) is 5.32 Å². The molecule has 0 aliphatic heterocycles. The van der Waals surface area contributed by atoms with Crippen molar-refractivity contribution in [3.05, 3.63) is 51.8 Å². The van der Waals surface area contributed by atoms with Gasteiger partial charge in [-0.25, -0.2) is 9.59 Å². The number of aromatic amines is 1. The van der Waals surface area contributed by atoms with Gasteiger partial charge in [-0.1, -0.05) is 32.0 Å². The Kier molecular flexibility index (Phi) is 7.65. The molecule has 2 N–H and O–H groups in total. The van der Waals surface area contributed by atoms with Crippen LogP contribution in [0.2, 0.25) is 0 Å². The molecular formula is C24H32N2O5. The number of H-pyrrole nitrogens is 1. The average Bonchev–Trinajstić information content (AvgIpc) is 2.96. The highest BCUT2D eigenvalue weighted by atomic mass is 16.6. The molecule has 1 heterocycles. The molecule has 1 aromatic carbocycles.